The fraction of sp³-hybridized carbons (Fsp3) is 0.118. The van der Waals surface area contributed by atoms with Crippen molar-refractivity contribution in [3.8, 4) is 0 Å². The number of carbonyl (C=O) groups is 2. The molecule has 9 heteroatoms. The van der Waals surface area contributed by atoms with Crippen LogP contribution in [-0.2, 0) is 11.0 Å². The molecule has 2 N–H and O–H groups in total. The van der Waals surface area contributed by atoms with E-state index < -0.39 is 23.6 Å². The normalized spacial score (nSPS) is 11.4. The Morgan fingerprint density at radius 3 is 2.54 bits per heavy atom. The van der Waals surface area contributed by atoms with Crippen LogP contribution in [0.1, 0.15) is 21.5 Å². The third kappa shape index (κ3) is 5.69. The maximum Gasteiger partial charge on any atom is 0.417 e. The lowest BCUT2D eigenvalue weighted by molar-refractivity contribution is -0.137. The van der Waals surface area contributed by atoms with Crippen molar-refractivity contribution in [2.24, 2.45) is 5.10 Å². The van der Waals surface area contributed by atoms with Crippen molar-refractivity contribution in [2.75, 3.05) is 6.54 Å². The average molecular weight is 428 g/mol. The molecule has 2 amide bonds. The third-order valence-electron chi connectivity index (χ3n) is 3.16. The van der Waals surface area contributed by atoms with E-state index in [4.69, 9.17) is 0 Å². The second kappa shape index (κ2) is 8.61. The van der Waals surface area contributed by atoms with Crippen LogP contribution < -0.4 is 10.7 Å². The monoisotopic (exact) mass is 427 g/mol. The van der Waals surface area contributed by atoms with Crippen molar-refractivity contribution in [3.05, 3.63) is 69.7 Å². The summed E-state index contributed by atoms with van der Waals surface area (Å²) in [6.45, 7) is -0.371. The molecule has 0 atom stereocenters. The van der Waals surface area contributed by atoms with Crippen LogP contribution in [0.2, 0.25) is 0 Å². The molecule has 2 aromatic carbocycles. The number of benzene rings is 2. The summed E-state index contributed by atoms with van der Waals surface area (Å²) >= 11 is 3.23. The number of nitrogens with zero attached hydrogens (tertiary/aromatic N) is 1. The molecular weight excluding hydrogens is 415 g/mol. The lowest BCUT2D eigenvalue weighted by atomic mass is 10.1. The van der Waals surface area contributed by atoms with E-state index in [1.807, 2.05) is 0 Å². The fourth-order valence-electron chi connectivity index (χ4n) is 1.97. The number of amides is 2. The molecule has 0 fully saturated rings. The van der Waals surface area contributed by atoms with E-state index in [2.05, 4.69) is 31.8 Å². The minimum absolute atomic E-state index is 0.182. The molecule has 0 aliphatic rings. The first-order valence-electron chi connectivity index (χ1n) is 7.29. The van der Waals surface area contributed by atoms with Gasteiger partial charge in [-0.25, -0.2) is 5.43 Å². The lowest BCUT2D eigenvalue weighted by Crippen LogP contribution is -2.34. The quantitative estimate of drug-likeness (QED) is 0.567. The Morgan fingerprint density at radius 2 is 1.85 bits per heavy atom. The molecule has 5 nitrogen and oxygen atoms in total. The van der Waals surface area contributed by atoms with Crippen LogP contribution in [0, 0.1) is 0 Å². The van der Waals surface area contributed by atoms with Gasteiger partial charge in [-0.15, -0.1) is 0 Å². The smallest absolute Gasteiger partial charge is 0.343 e. The van der Waals surface area contributed by atoms with Crippen LogP contribution in [0.5, 0.6) is 0 Å². The highest BCUT2D eigenvalue weighted by molar-refractivity contribution is 9.10. The Morgan fingerprint density at radius 1 is 1.12 bits per heavy atom. The van der Waals surface area contributed by atoms with Gasteiger partial charge < -0.3 is 5.32 Å². The first-order valence-corrected chi connectivity index (χ1v) is 8.08. The van der Waals surface area contributed by atoms with Crippen molar-refractivity contribution >= 4 is 34.0 Å². The van der Waals surface area contributed by atoms with E-state index in [0.29, 0.717) is 10.0 Å². The van der Waals surface area contributed by atoms with Crippen molar-refractivity contribution in [1.82, 2.24) is 10.7 Å². The van der Waals surface area contributed by atoms with Crippen molar-refractivity contribution in [3.63, 3.8) is 0 Å². The van der Waals surface area contributed by atoms with Crippen LogP contribution >= 0.6 is 15.9 Å². The van der Waals surface area contributed by atoms with Crippen molar-refractivity contribution < 1.29 is 22.8 Å². The highest BCUT2D eigenvalue weighted by atomic mass is 79.9. The van der Waals surface area contributed by atoms with Crippen LogP contribution in [0.4, 0.5) is 13.2 Å². The third-order valence-corrected chi connectivity index (χ3v) is 3.65. The molecule has 26 heavy (non-hydrogen) atoms. The van der Waals surface area contributed by atoms with Gasteiger partial charge in [0.2, 0.25) is 0 Å². The molecule has 0 saturated carbocycles. The number of carbonyl (C=O) groups excluding carboxylic acids is 2. The number of hydrogen-bond donors (Lipinski definition) is 2. The van der Waals surface area contributed by atoms with Gasteiger partial charge in [-0.1, -0.05) is 40.2 Å². The van der Waals surface area contributed by atoms with Gasteiger partial charge in [0.1, 0.15) is 0 Å². The lowest BCUT2D eigenvalue weighted by Gasteiger charge is -2.09. The Hall–Kier alpha value is -2.68. The zero-order valence-corrected chi connectivity index (χ0v) is 14.8. The predicted molar refractivity (Wildman–Crippen MR) is 93.7 cm³/mol. The fourth-order valence-corrected chi connectivity index (χ4v) is 2.37. The molecule has 136 valence electrons. The van der Waals surface area contributed by atoms with Gasteiger partial charge in [0.05, 0.1) is 18.3 Å². The standard InChI is InChI=1S/C17H13BrF3N3O2/c18-13-6-3-5-11(8-13)16(26)22-10-15(25)24-23-9-12-4-1-2-7-14(12)17(19,20)21/h1-9H,10H2,(H,22,26)(H,24,25)/b23-9-. The number of hydrazone groups is 1. The summed E-state index contributed by atoms with van der Waals surface area (Å²) in [7, 11) is 0. The molecule has 0 saturated heterocycles. The van der Waals surface area contributed by atoms with Gasteiger partial charge in [-0.05, 0) is 24.3 Å². The Labute approximate surface area is 155 Å². The zero-order chi connectivity index (χ0) is 19.2. The first kappa shape index (κ1) is 19.6. The first-order chi connectivity index (χ1) is 12.3. The second-order valence-electron chi connectivity index (χ2n) is 5.07. The minimum atomic E-state index is -4.52. The summed E-state index contributed by atoms with van der Waals surface area (Å²) in [5.41, 5.74) is 1.38. The molecule has 2 rings (SSSR count). The molecule has 2 aromatic rings. The van der Waals surface area contributed by atoms with Gasteiger partial charge in [-0.2, -0.15) is 18.3 Å². The van der Waals surface area contributed by atoms with Gasteiger partial charge >= 0.3 is 6.18 Å². The molecule has 0 unspecified atom stereocenters. The van der Waals surface area contributed by atoms with Crippen molar-refractivity contribution in [2.45, 2.75) is 6.18 Å². The summed E-state index contributed by atoms with van der Waals surface area (Å²) in [6, 6.07) is 11.4. The summed E-state index contributed by atoms with van der Waals surface area (Å²) < 4.78 is 39.2. The minimum Gasteiger partial charge on any atom is -0.343 e. The number of rotatable bonds is 5. The Bertz CT molecular complexity index is 838. The van der Waals surface area contributed by atoms with Crippen LogP contribution in [0.3, 0.4) is 0 Å². The van der Waals surface area contributed by atoms with E-state index in [0.717, 1.165) is 12.3 Å². The van der Waals surface area contributed by atoms with Crippen LogP contribution in [0.25, 0.3) is 0 Å². The Kier molecular flexibility index (Phi) is 6.51. The highest BCUT2D eigenvalue weighted by Crippen LogP contribution is 2.30. The number of alkyl halides is 3. The predicted octanol–water partition coefficient (Wildman–Crippen LogP) is 3.35. The molecule has 0 spiro atoms. The van der Waals surface area contributed by atoms with Gasteiger partial charge in [0, 0.05) is 15.6 Å². The van der Waals surface area contributed by atoms with Gasteiger partial charge in [0.25, 0.3) is 11.8 Å². The topological polar surface area (TPSA) is 70.6 Å². The van der Waals surface area contributed by atoms with E-state index in [9.17, 15) is 22.8 Å². The maximum absolute atomic E-state index is 12.8. The SMILES string of the molecule is O=C(CNC(=O)c1cccc(Br)c1)N/N=C\c1ccccc1C(F)(F)F. The van der Waals surface area contributed by atoms with E-state index in [-0.39, 0.29) is 12.1 Å². The average Bonchev–Trinajstić information content (AvgIpc) is 2.59. The number of hydrogen-bond acceptors (Lipinski definition) is 3. The molecule has 0 heterocycles. The van der Waals surface area contributed by atoms with Crippen LogP contribution in [0.15, 0.2) is 58.1 Å². The summed E-state index contributed by atoms with van der Waals surface area (Å²) in [6.07, 6.45) is -3.62. The van der Waals surface area contributed by atoms with Gasteiger partial charge in [0.15, 0.2) is 0 Å². The molecule has 0 aliphatic carbocycles. The molecular formula is C17H13BrF3N3O2. The largest absolute Gasteiger partial charge is 0.417 e. The summed E-state index contributed by atoms with van der Waals surface area (Å²) in [4.78, 5) is 23.5. The maximum atomic E-state index is 12.8. The molecule has 0 aromatic heterocycles. The zero-order valence-electron chi connectivity index (χ0n) is 13.2. The molecule has 0 bridgehead atoms. The Balaban J connectivity index is 1.89. The number of nitrogens with one attached hydrogen (secondary N) is 2. The summed E-state index contributed by atoms with van der Waals surface area (Å²) in [5.74, 6) is -1.14. The van der Waals surface area contributed by atoms with E-state index in [1.165, 1.54) is 18.2 Å². The second-order valence-corrected chi connectivity index (χ2v) is 5.99. The molecule has 0 radical (unpaired) electrons. The van der Waals surface area contributed by atoms with E-state index >= 15 is 0 Å². The molecule has 0 aliphatic heterocycles. The van der Waals surface area contributed by atoms with Gasteiger partial charge in [-0.3, -0.25) is 9.59 Å². The summed E-state index contributed by atoms with van der Waals surface area (Å²) in [5, 5.41) is 5.88. The van der Waals surface area contributed by atoms with Crippen LogP contribution in [-0.4, -0.2) is 24.6 Å². The number of halogens is 4. The highest BCUT2D eigenvalue weighted by Gasteiger charge is 2.32. The van der Waals surface area contributed by atoms with Crippen molar-refractivity contribution in [1.29, 1.82) is 0 Å². The van der Waals surface area contributed by atoms with E-state index in [1.54, 1.807) is 24.3 Å².